The lowest BCUT2D eigenvalue weighted by atomic mass is 9.98. The van der Waals surface area contributed by atoms with Gasteiger partial charge in [-0.15, -0.1) is 15.3 Å². The lowest BCUT2D eigenvalue weighted by Crippen LogP contribution is -2.26. The number of aromatic amines is 1. The molecule has 9 heteroatoms. The fraction of sp³-hybridized carbons (Fsp3) is 0.227. The van der Waals surface area contributed by atoms with Crippen LogP contribution in [0.2, 0.25) is 0 Å². The van der Waals surface area contributed by atoms with Crippen LogP contribution in [0.5, 0.6) is 5.88 Å². The van der Waals surface area contributed by atoms with Gasteiger partial charge in [-0.1, -0.05) is 55.5 Å². The van der Waals surface area contributed by atoms with E-state index in [1.54, 1.807) is 0 Å². The highest BCUT2D eigenvalue weighted by molar-refractivity contribution is 9.10. The molecule has 0 spiro atoms. The minimum Gasteiger partial charge on any atom is -0.476 e. The van der Waals surface area contributed by atoms with Crippen LogP contribution >= 0.6 is 15.9 Å². The first-order valence-electron chi connectivity index (χ1n) is 9.90. The Morgan fingerprint density at radius 1 is 1.10 bits per heavy atom. The van der Waals surface area contributed by atoms with Gasteiger partial charge in [-0.2, -0.15) is 5.21 Å². The Kier molecular flexibility index (Phi) is 6.22. The monoisotopic (exact) mass is 480 g/mol. The van der Waals surface area contributed by atoms with Crippen molar-refractivity contribution in [1.82, 2.24) is 30.4 Å². The zero-order valence-corrected chi connectivity index (χ0v) is 18.8. The van der Waals surface area contributed by atoms with Gasteiger partial charge < -0.3 is 4.74 Å². The first-order chi connectivity index (χ1) is 15.1. The fourth-order valence-electron chi connectivity index (χ4n) is 3.21. The summed E-state index contributed by atoms with van der Waals surface area (Å²) in [6.07, 6.45) is 0.866. The maximum Gasteiger partial charge on any atom is 0.281 e. The van der Waals surface area contributed by atoms with Crippen LogP contribution in [0.4, 0.5) is 0 Å². The van der Waals surface area contributed by atoms with Crippen LogP contribution in [-0.2, 0) is 6.54 Å². The van der Waals surface area contributed by atoms with Crippen molar-refractivity contribution < 1.29 is 4.74 Å². The Balaban J connectivity index is 1.62. The quantitative estimate of drug-likeness (QED) is 0.429. The highest BCUT2D eigenvalue weighted by Crippen LogP contribution is 2.29. The van der Waals surface area contributed by atoms with Gasteiger partial charge in [-0.3, -0.25) is 4.79 Å². The normalized spacial score (nSPS) is 10.9. The minimum absolute atomic E-state index is 0.187. The lowest BCUT2D eigenvalue weighted by molar-refractivity contribution is 0.292. The number of hydrogen-bond donors (Lipinski definition) is 1. The Labute approximate surface area is 187 Å². The Morgan fingerprint density at radius 2 is 1.84 bits per heavy atom. The van der Waals surface area contributed by atoms with E-state index in [1.807, 2.05) is 62.4 Å². The van der Waals surface area contributed by atoms with Crippen molar-refractivity contribution in [1.29, 1.82) is 0 Å². The van der Waals surface area contributed by atoms with E-state index in [4.69, 9.17) is 4.74 Å². The number of benzene rings is 2. The van der Waals surface area contributed by atoms with Crippen molar-refractivity contribution >= 4 is 15.9 Å². The van der Waals surface area contributed by atoms with Gasteiger partial charge in [0.1, 0.15) is 0 Å². The molecular formula is C22H21BrN6O2. The summed E-state index contributed by atoms with van der Waals surface area (Å²) >= 11 is 3.38. The van der Waals surface area contributed by atoms with E-state index in [-0.39, 0.29) is 5.56 Å². The van der Waals surface area contributed by atoms with Crippen LogP contribution in [0.15, 0.2) is 57.8 Å². The second-order valence-corrected chi connectivity index (χ2v) is 7.83. The summed E-state index contributed by atoms with van der Waals surface area (Å²) in [7, 11) is 0. The summed E-state index contributed by atoms with van der Waals surface area (Å²) < 4.78 is 7.60. The standard InChI is InChI=1S/C22H21BrN6O2/c1-3-12-31-21-14(2)19(23)22(30)29(26-21)13-15-8-10-16(11-9-15)17-6-4-5-7-18(17)20-24-27-28-25-20/h4-11H,3,12-13H2,1-2H3,(H,24,25,27,28). The van der Waals surface area contributed by atoms with Crippen LogP contribution in [0.3, 0.4) is 0 Å². The van der Waals surface area contributed by atoms with Gasteiger partial charge in [0, 0.05) is 11.1 Å². The van der Waals surface area contributed by atoms with E-state index in [2.05, 4.69) is 41.7 Å². The van der Waals surface area contributed by atoms with Gasteiger partial charge in [0.05, 0.1) is 17.6 Å². The van der Waals surface area contributed by atoms with E-state index >= 15 is 0 Å². The number of nitrogens with one attached hydrogen (secondary N) is 1. The molecule has 0 fully saturated rings. The number of hydrogen-bond acceptors (Lipinski definition) is 6. The molecule has 1 N–H and O–H groups in total. The molecule has 0 radical (unpaired) electrons. The number of H-pyrrole nitrogens is 1. The number of halogens is 1. The number of tetrazole rings is 1. The molecule has 0 aliphatic carbocycles. The minimum atomic E-state index is -0.187. The smallest absolute Gasteiger partial charge is 0.281 e. The SMILES string of the molecule is CCCOc1nn(Cc2ccc(-c3ccccc3-c3nn[nH]n3)cc2)c(=O)c(Br)c1C. The van der Waals surface area contributed by atoms with Gasteiger partial charge in [0.25, 0.3) is 5.56 Å². The number of ether oxygens (including phenoxy) is 1. The van der Waals surface area contributed by atoms with E-state index < -0.39 is 0 Å². The predicted octanol–water partition coefficient (Wildman–Crippen LogP) is 4.00. The molecule has 2 aromatic carbocycles. The highest BCUT2D eigenvalue weighted by Gasteiger charge is 2.14. The summed E-state index contributed by atoms with van der Waals surface area (Å²) in [5.41, 5.74) is 4.38. The van der Waals surface area contributed by atoms with Gasteiger partial charge in [0.2, 0.25) is 11.7 Å². The molecule has 0 aliphatic rings. The fourth-order valence-corrected chi connectivity index (χ4v) is 3.58. The molecule has 0 saturated heterocycles. The van der Waals surface area contributed by atoms with Crippen molar-refractivity contribution in [3.8, 4) is 28.4 Å². The van der Waals surface area contributed by atoms with Gasteiger partial charge in [-0.25, -0.2) is 4.68 Å². The summed E-state index contributed by atoms with van der Waals surface area (Å²) in [4.78, 5) is 12.7. The molecule has 158 valence electrons. The highest BCUT2D eigenvalue weighted by atomic mass is 79.9. The number of rotatable bonds is 7. The summed E-state index contributed by atoms with van der Waals surface area (Å²) in [6, 6.07) is 15.9. The second kappa shape index (κ2) is 9.22. The number of nitrogens with zero attached hydrogens (tertiary/aromatic N) is 5. The first kappa shape index (κ1) is 20.9. The zero-order chi connectivity index (χ0) is 21.8. The summed E-state index contributed by atoms with van der Waals surface area (Å²) in [5.74, 6) is 1.01. The molecule has 0 atom stereocenters. The first-order valence-corrected chi connectivity index (χ1v) is 10.7. The van der Waals surface area contributed by atoms with E-state index in [1.165, 1.54) is 4.68 Å². The van der Waals surface area contributed by atoms with Crippen LogP contribution in [0.1, 0.15) is 24.5 Å². The lowest BCUT2D eigenvalue weighted by Gasteiger charge is -2.13. The Morgan fingerprint density at radius 3 is 2.52 bits per heavy atom. The largest absolute Gasteiger partial charge is 0.476 e. The average Bonchev–Trinajstić information content (AvgIpc) is 3.34. The van der Waals surface area contributed by atoms with Crippen molar-refractivity contribution in [3.05, 3.63) is 74.5 Å². The van der Waals surface area contributed by atoms with Crippen LogP contribution in [-0.4, -0.2) is 37.0 Å². The predicted molar refractivity (Wildman–Crippen MR) is 121 cm³/mol. The average molecular weight is 481 g/mol. The molecule has 2 aromatic heterocycles. The molecule has 4 aromatic rings. The van der Waals surface area contributed by atoms with Gasteiger partial charge in [0.15, 0.2) is 0 Å². The van der Waals surface area contributed by atoms with Crippen molar-refractivity contribution in [2.75, 3.05) is 6.61 Å². The molecule has 0 saturated carbocycles. The van der Waals surface area contributed by atoms with Crippen LogP contribution in [0.25, 0.3) is 22.5 Å². The summed E-state index contributed by atoms with van der Waals surface area (Å²) in [6.45, 7) is 4.74. The van der Waals surface area contributed by atoms with Gasteiger partial charge in [-0.05, 0) is 51.2 Å². The molecule has 0 unspecified atom stereocenters. The topological polar surface area (TPSA) is 98.6 Å². The zero-order valence-electron chi connectivity index (χ0n) is 17.2. The van der Waals surface area contributed by atoms with Crippen LogP contribution in [0, 0.1) is 6.92 Å². The molecule has 0 aliphatic heterocycles. The molecule has 0 bridgehead atoms. The van der Waals surface area contributed by atoms with E-state index in [9.17, 15) is 4.79 Å². The molecule has 2 heterocycles. The number of aromatic nitrogens is 6. The van der Waals surface area contributed by atoms with E-state index in [0.717, 1.165) is 28.7 Å². The third-order valence-electron chi connectivity index (χ3n) is 4.84. The molecule has 0 amide bonds. The van der Waals surface area contributed by atoms with Crippen molar-refractivity contribution in [2.24, 2.45) is 0 Å². The van der Waals surface area contributed by atoms with Gasteiger partial charge >= 0.3 is 0 Å². The second-order valence-electron chi connectivity index (χ2n) is 7.03. The van der Waals surface area contributed by atoms with Crippen molar-refractivity contribution in [3.63, 3.8) is 0 Å². The third kappa shape index (κ3) is 4.41. The molecule has 4 rings (SSSR count). The molecular weight excluding hydrogens is 460 g/mol. The maximum absolute atomic E-state index is 12.7. The Hall–Kier alpha value is -3.33. The molecule has 8 nitrogen and oxygen atoms in total. The van der Waals surface area contributed by atoms with Crippen LogP contribution < -0.4 is 10.3 Å². The maximum atomic E-state index is 12.7. The van der Waals surface area contributed by atoms with E-state index in [0.29, 0.717) is 34.9 Å². The van der Waals surface area contributed by atoms with Crippen molar-refractivity contribution in [2.45, 2.75) is 26.8 Å². The third-order valence-corrected chi connectivity index (χ3v) is 5.77. The Bertz CT molecular complexity index is 1240. The molecule has 31 heavy (non-hydrogen) atoms. The summed E-state index contributed by atoms with van der Waals surface area (Å²) in [5, 5.41) is 18.7.